The number of H-pyrrole nitrogens is 1. The molecule has 1 aromatic heterocycles. The van der Waals surface area contributed by atoms with Crippen LogP contribution in [0.15, 0.2) is 48.5 Å². The van der Waals surface area contributed by atoms with E-state index in [1.165, 1.54) is 12.1 Å². The Morgan fingerprint density at radius 3 is 2.63 bits per heavy atom. The maximum Gasteiger partial charge on any atom is 0.253 e. The highest BCUT2D eigenvalue weighted by Crippen LogP contribution is 2.26. The number of amides is 1. The quantitative estimate of drug-likeness (QED) is 0.636. The van der Waals surface area contributed by atoms with Crippen molar-refractivity contribution in [2.45, 2.75) is 18.9 Å². The second-order valence-electron chi connectivity index (χ2n) is 7.23. The molecule has 0 unspecified atom stereocenters. The average molecular weight is 429 g/mol. The predicted molar refractivity (Wildman–Crippen MR) is 115 cm³/mol. The molecule has 0 radical (unpaired) electrons. The zero-order chi connectivity index (χ0) is 21.1. The number of nitrogens with one attached hydrogen (secondary N) is 2. The van der Waals surface area contributed by atoms with Crippen LogP contribution in [0.25, 0.3) is 11.3 Å². The minimum atomic E-state index is -0.481. The fraction of sp³-hybridized carbons (Fsp3) is 0.273. The van der Waals surface area contributed by atoms with Gasteiger partial charge in [0.15, 0.2) is 5.82 Å². The molecule has 0 aliphatic carbocycles. The zero-order valence-corrected chi connectivity index (χ0v) is 17.2. The van der Waals surface area contributed by atoms with Crippen molar-refractivity contribution in [2.24, 2.45) is 0 Å². The normalized spacial score (nSPS) is 14.6. The van der Waals surface area contributed by atoms with Gasteiger partial charge in [-0.05, 0) is 60.9 Å². The van der Waals surface area contributed by atoms with Gasteiger partial charge in [0, 0.05) is 25.2 Å². The second-order valence-corrected chi connectivity index (χ2v) is 7.63. The van der Waals surface area contributed by atoms with E-state index in [1.807, 2.05) is 30.3 Å². The fourth-order valence-electron chi connectivity index (χ4n) is 3.58. The van der Waals surface area contributed by atoms with Crippen LogP contribution in [-0.4, -0.2) is 42.3 Å². The summed E-state index contributed by atoms with van der Waals surface area (Å²) in [4.78, 5) is 14.6. The predicted octanol–water partition coefficient (Wildman–Crippen LogP) is 4.28. The van der Waals surface area contributed by atoms with Crippen LogP contribution in [0.2, 0.25) is 5.02 Å². The molecule has 0 atom stereocenters. The minimum absolute atomic E-state index is 0.00749. The maximum absolute atomic E-state index is 13.4. The van der Waals surface area contributed by atoms with Crippen molar-refractivity contribution in [1.82, 2.24) is 15.5 Å². The second kappa shape index (κ2) is 8.75. The van der Waals surface area contributed by atoms with Crippen molar-refractivity contribution in [3.8, 4) is 17.0 Å². The monoisotopic (exact) mass is 428 g/mol. The van der Waals surface area contributed by atoms with E-state index in [1.54, 1.807) is 7.11 Å². The lowest BCUT2D eigenvalue weighted by atomic mass is 10.0. The molecule has 2 heterocycles. The van der Waals surface area contributed by atoms with Gasteiger partial charge in [-0.1, -0.05) is 11.6 Å². The molecule has 8 heteroatoms. The number of nitrogens with zero attached hydrogens (tertiary/aromatic N) is 2. The molecular formula is C22H22ClFN4O2. The molecule has 4 rings (SSSR count). The molecular weight excluding hydrogens is 407 g/mol. The maximum atomic E-state index is 13.4. The summed E-state index contributed by atoms with van der Waals surface area (Å²) in [5.74, 6) is 0.853. The number of ether oxygens (including phenoxy) is 1. The van der Waals surface area contributed by atoms with Gasteiger partial charge in [0.2, 0.25) is 0 Å². The van der Waals surface area contributed by atoms with E-state index in [4.69, 9.17) is 16.3 Å². The molecule has 1 amide bonds. The van der Waals surface area contributed by atoms with Crippen LogP contribution in [0, 0.1) is 5.82 Å². The van der Waals surface area contributed by atoms with E-state index in [0.29, 0.717) is 0 Å². The first-order valence-electron chi connectivity index (χ1n) is 9.74. The van der Waals surface area contributed by atoms with Crippen molar-refractivity contribution >= 4 is 23.3 Å². The van der Waals surface area contributed by atoms with Crippen LogP contribution >= 0.6 is 11.6 Å². The number of aromatic nitrogens is 2. The summed E-state index contributed by atoms with van der Waals surface area (Å²) in [7, 11) is 1.64. The SMILES string of the molecule is COc1ccc(-c2cc(N3CCC(NC(=O)c4cc(F)ccc4Cl)CC3)n[nH]2)cc1. The first-order valence-corrected chi connectivity index (χ1v) is 10.1. The Morgan fingerprint density at radius 1 is 1.20 bits per heavy atom. The van der Waals surface area contributed by atoms with Gasteiger partial charge in [-0.25, -0.2) is 4.39 Å². The van der Waals surface area contributed by atoms with E-state index < -0.39 is 5.82 Å². The largest absolute Gasteiger partial charge is 0.497 e. The molecule has 1 saturated heterocycles. The number of piperidine rings is 1. The van der Waals surface area contributed by atoms with E-state index in [9.17, 15) is 9.18 Å². The number of carbonyl (C=O) groups excluding carboxylic acids is 1. The molecule has 1 aliphatic rings. The molecule has 3 aromatic rings. The summed E-state index contributed by atoms with van der Waals surface area (Å²) in [5.41, 5.74) is 2.13. The Balaban J connectivity index is 1.35. The molecule has 0 saturated carbocycles. The van der Waals surface area contributed by atoms with Crippen LogP contribution < -0.4 is 15.0 Å². The standard InChI is InChI=1S/C22H22ClFN4O2/c1-30-17-5-2-14(3-6-17)20-13-21(27-26-20)28-10-8-16(9-11-28)25-22(29)18-12-15(24)4-7-19(18)23/h2-7,12-13,16H,8-11H2,1H3,(H,25,29)(H,26,27). The number of aromatic amines is 1. The van der Waals surface area contributed by atoms with Crippen molar-refractivity contribution < 1.29 is 13.9 Å². The Bertz CT molecular complexity index is 1030. The van der Waals surface area contributed by atoms with E-state index in [0.717, 1.165) is 54.8 Å². The van der Waals surface area contributed by atoms with Gasteiger partial charge in [0.05, 0.1) is 23.4 Å². The van der Waals surface area contributed by atoms with Crippen LogP contribution in [-0.2, 0) is 0 Å². The first kappa shape index (κ1) is 20.2. The zero-order valence-electron chi connectivity index (χ0n) is 16.5. The van der Waals surface area contributed by atoms with Crippen molar-refractivity contribution in [2.75, 3.05) is 25.1 Å². The molecule has 156 valence electrons. The Labute approximate surface area is 179 Å². The van der Waals surface area contributed by atoms with E-state index in [2.05, 4.69) is 20.4 Å². The third kappa shape index (κ3) is 4.41. The summed E-state index contributed by atoms with van der Waals surface area (Å²) >= 11 is 6.03. The smallest absolute Gasteiger partial charge is 0.253 e. The van der Waals surface area contributed by atoms with Crippen molar-refractivity contribution in [3.05, 3.63) is 64.9 Å². The Morgan fingerprint density at radius 2 is 1.93 bits per heavy atom. The summed E-state index contributed by atoms with van der Waals surface area (Å²) in [6.45, 7) is 1.52. The molecule has 0 spiro atoms. The average Bonchev–Trinajstić information content (AvgIpc) is 3.26. The van der Waals surface area contributed by atoms with Gasteiger partial charge < -0.3 is 15.0 Å². The van der Waals surface area contributed by atoms with Crippen LogP contribution in [0.3, 0.4) is 0 Å². The summed E-state index contributed by atoms with van der Waals surface area (Å²) in [6, 6.07) is 13.6. The number of hydrogen-bond acceptors (Lipinski definition) is 4. The highest BCUT2D eigenvalue weighted by molar-refractivity contribution is 6.33. The van der Waals surface area contributed by atoms with Crippen molar-refractivity contribution in [3.63, 3.8) is 0 Å². The van der Waals surface area contributed by atoms with Gasteiger partial charge in [0.25, 0.3) is 5.91 Å². The van der Waals surface area contributed by atoms with Gasteiger partial charge in [-0.15, -0.1) is 0 Å². The number of methoxy groups -OCH3 is 1. The summed E-state index contributed by atoms with van der Waals surface area (Å²) in [5, 5.41) is 10.7. The molecule has 1 fully saturated rings. The molecule has 30 heavy (non-hydrogen) atoms. The highest BCUT2D eigenvalue weighted by Gasteiger charge is 2.23. The van der Waals surface area contributed by atoms with Crippen LogP contribution in [0.4, 0.5) is 10.2 Å². The molecule has 0 bridgehead atoms. The third-order valence-corrected chi connectivity index (χ3v) is 5.62. The number of anilines is 1. The number of halogens is 2. The summed E-state index contributed by atoms with van der Waals surface area (Å²) < 4.78 is 18.6. The van der Waals surface area contributed by atoms with Crippen molar-refractivity contribution in [1.29, 1.82) is 0 Å². The number of benzene rings is 2. The Hall–Kier alpha value is -3.06. The van der Waals surface area contributed by atoms with E-state index >= 15 is 0 Å². The molecule has 2 aromatic carbocycles. The van der Waals surface area contributed by atoms with Gasteiger partial charge >= 0.3 is 0 Å². The molecule has 6 nitrogen and oxygen atoms in total. The first-order chi connectivity index (χ1) is 14.5. The summed E-state index contributed by atoms with van der Waals surface area (Å²) in [6.07, 6.45) is 1.53. The lowest BCUT2D eigenvalue weighted by Crippen LogP contribution is -2.44. The molecule has 2 N–H and O–H groups in total. The van der Waals surface area contributed by atoms with E-state index in [-0.39, 0.29) is 22.5 Å². The van der Waals surface area contributed by atoms with Gasteiger partial charge in [0.1, 0.15) is 11.6 Å². The third-order valence-electron chi connectivity index (χ3n) is 5.29. The molecule has 1 aliphatic heterocycles. The fourth-order valence-corrected chi connectivity index (χ4v) is 3.78. The highest BCUT2D eigenvalue weighted by atomic mass is 35.5. The minimum Gasteiger partial charge on any atom is -0.497 e. The van der Waals surface area contributed by atoms with Gasteiger partial charge in [-0.3, -0.25) is 9.89 Å². The Kier molecular flexibility index (Phi) is 5.90. The van der Waals surface area contributed by atoms with Gasteiger partial charge in [-0.2, -0.15) is 5.10 Å². The van der Waals surface area contributed by atoms with Crippen LogP contribution in [0.5, 0.6) is 5.75 Å². The van der Waals surface area contributed by atoms with Crippen LogP contribution in [0.1, 0.15) is 23.2 Å². The lowest BCUT2D eigenvalue weighted by molar-refractivity contribution is 0.0931. The number of rotatable bonds is 5. The lowest BCUT2D eigenvalue weighted by Gasteiger charge is -2.32. The number of hydrogen-bond donors (Lipinski definition) is 2. The number of carbonyl (C=O) groups is 1. The topological polar surface area (TPSA) is 70.2 Å².